The molecule has 0 saturated carbocycles. The minimum absolute atomic E-state index is 0.131. The van der Waals surface area contributed by atoms with Gasteiger partial charge in [-0.1, -0.05) is 23.7 Å². The van der Waals surface area contributed by atoms with E-state index in [1.54, 1.807) is 13.3 Å². The second-order valence-electron chi connectivity index (χ2n) is 9.26. The number of rotatable bonds is 4. The first-order valence-corrected chi connectivity index (χ1v) is 12.6. The molecule has 0 atom stereocenters. The van der Waals surface area contributed by atoms with Gasteiger partial charge in [0, 0.05) is 74.1 Å². The van der Waals surface area contributed by atoms with Crippen molar-refractivity contribution in [2.75, 3.05) is 43.0 Å². The largest absolute Gasteiger partial charge is 0.353 e. The SMILES string of the molecule is CC(=O)N1CCN(c2ccc(-c3cccc(N(C)c4cc5nncn5c5cc(Cl)ccc45)c3)cn2)CC1. The highest BCUT2D eigenvalue weighted by Gasteiger charge is 2.19. The summed E-state index contributed by atoms with van der Waals surface area (Å²) in [5, 5.41) is 10.1. The summed E-state index contributed by atoms with van der Waals surface area (Å²) in [6, 6.07) is 20.5. The summed E-state index contributed by atoms with van der Waals surface area (Å²) < 4.78 is 1.95. The lowest BCUT2D eigenvalue weighted by Crippen LogP contribution is -2.48. The van der Waals surface area contributed by atoms with Crippen molar-refractivity contribution in [1.82, 2.24) is 24.5 Å². The van der Waals surface area contributed by atoms with Crippen molar-refractivity contribution in [3.63, 3.8) is 0 Å². The number of anilines is 3. The van der Waals surface area contributed by atoms with Gasteiger partial charge in [-0.3, -0.25) is 9.20 Å². The molecule has 1 aliphatic rings. The smallest absolute Gasteiger partial charge is 0.219 e. The van der Waals surface area contributed by atoms with E-state index < -0.39 is 0 Å². The second-order valence-corrected chi connectivity index (χ2v) is 9.69. The Balaban J connectivity index is 1.29. The number of pyridine rings is 2. The van der Waals surface area contributed by atoms with E-state index in [0.717, 1.165) is 71.0 Å². The highest BCUT2D eigenvalue weighted by molar-refractivity contribution is 6.31. The number of hydrogen-bond acceptors (Lipinski definition) is 6. The number of carbonyl (C=O) groups is 1. The van der Waals surface area contributed by atoms with Crippen molar-refractivity contribution in [1.29, 1.82) is 0 Å². The Kier molecular flexibility index (Phi) is 5.88. The van der Waals surface area contributed by atoms with Crippen molar-refractivity contribution in [3.05, 3.63) is 78.2 Å². The Bertz CT molecular complexity index is 1610. The molecule has 6 rings (SSSR count). The summed E-state index contributed by atoms with van der Waals surface area (Å²) in [6.45, 7) is 4.67. The third-order valence-electron chi connectivity index (χ3n) is 7.06. The number of nitrogens with zero attached hydrogens (tertiary/aromatic N) is 7. The molecule has 0 bridgehead atoms. The summed E-state index contributed by atoms with van der Waals surface area (Å²) in [6.07, 6.45) is 3.63. The van der Waals surface area contributed by atoms with Crippen molar-refractivity contribution in [2.24, 2.45) is 0 Å². The molecule has 3 aromatic heterocycles. The Morgan fingerprint density at radius 3 is 2.57 bits per heavy atom. The van der Waals surface area contributed by atoms with Crippen LogP contribution in [0.3, 0.4) is 0 Å². The molecule has 4 heterocycles. The van der Waals surface area contributed by atoms with Gasteiger partial charge in [0.15, 0.2) is 5.65 Å². The van der Waals surface area contributed by atoms with Crippen LogP contribution < -0.4 is 9.80 Å². The van der Waals surface area contributed by atoms with Gasteiger partial charge in [-0.25, -0.2) is 4.98 Å². The molecule has 0 unspecified atom stereocenters. The molecule has 0 radical (unpaired) electrons. The molecular formula is C28H26ClN7O. The third-order valence-corrected chi connectivity index (χ3v) is 7.30. The van der Waals surface area contributed by atoms with Crippen LogP contribution in [0.4, 0.5) is 17.2 Å². The van der Waals surface area contributed by atoms with Gasteiger partial charge in [0.05, 0.1) is 11.2 Å². The Morgan fingerprint density at radius 2 is 1.81 bits per heavy atom. The van der Waals surface area contributed by atoms with Gasteiger partial charge in [-0.05, 0) is 48.0 Å². The summed E-state index contributed by atoms with van der Waals surface area (Å²) in [5.74, 6) is 1.07. The molecule has 5 aromatic rings. The highest BCUT2D eigenvalue weighted by atomic mass is 35.5. The van der Waals surface area contributed by atoms with Crippen LogP contribution in [0, 0.1) is 0 Å². The molecule has 8 nitrogen and oxygen atoms in total. The van der Waals surface area contributed by atoms with Gasteiger partial charge in [-0.15, -0.1) is 10.2 Å². The first-order chi connectivity index (χ1) is 18.0. The maximum Gasteiger partial charge on any atom is 0.219 e. The van der Waals surface area contributed by atoms with E-state index in [-0.39, 0.29) is 5.91 Å². The molecule has 0 spiro atoms. The molecule has 1 amide bonds. The van der Waals surface area contributed by atoms with E-state index in [1.807, 2.05) is 39.8 Å². The third kappa shape index (κ3) is 4.34. The fourth-order valence-electron chi connectivity index (χ4n) is 4.95. The predicted molar refractivity (Wildman–Crippen MR) is 148 cm³/mol. The maximum absolute atomic E-state index is 11.6. The van der Waals surface area contributed by atoms with Crippen molar-refractivity contribution in [2.45, 2.75) is 6.92 Å². The number of benzene rings is 2. The number of hydrogen-bond donors (Lipinski definition) is 0. The van der Waals surface area contributed by atoms with Gasteiger partial charge in [0.2, 0.25) is 5.91 Å². The minimum atomic E-state index is 0.131. The second kappa shape index (κ2) is 9.37. The van der Waals surface area contributed by atoms with Crippen LogP contribution >= 0.6 is 11.6 Å². The van der Waals surface area contributed by atoms with Crippen LogP contribution in [0.15, 0.2) is 73.2 Å². The number of halogens is 1. The summed E-state index contributed by atoms with van der Waals surface area (Å²) in [4.78, 5) is 22.6. The summed E-state index contributed by atoms with van der Waals surface area (Å²) >= 11 is 6.31. The summed E-state index contributed by atoms with van der Waals surface area (Å²) in [7, 11) is 2.05. The van der Waals surface area contributed by atoms with Crippen LogP contribution in [-0.2, 0) is 4.79 Å². The molecule has 9 heteroatoms. The van der Waals surface area contributed by atoms with Crippen LogP contribution in [0.25, 0.3) is 27.7 Å². The van der Waals surface area contributed by atoms with Gasteiger partial charge < -0.3 is 14.7 Å². The highest BCUT2D eigenvalue weighted by Crippen LogP contribution is 2.35. The van der Waals surface area contributed by atoms with E-state index >= 15 is 0 Å². The normalized spacial score (nSPS) is 13.9. The van der Waals surface area contributed by atoms with E-state index in [9.17, 15) is 4.79 Å². The van der Waals surface area contributed by atoms with Gasteiger partial charge in [0.25, 0.3) is 0 Å². The molecule has 1 aliphatic heterocycles. The minimum Gasteiger partial charge on any atom is -0.353 e. The number of fused-ring (bicyclic) bond motifs is 3. The standard InChI is InChI=1S/C28H26ClN7O/c1-19(37)34-10-12-35(13-11-34)27-9-6-21(17-30-27)20-4-3-5-23(14-20)33(2)25-16-28-32-31-18-36(28)26-15-22(29)7-8-24(25)26/h3-9,14-18H,10-13H2,1-2H3. The molecule has 186 valence electrons. The lowest BCUT2D eigenvalue weighted by atomic mass is 10.1. The summed E-state index contributed by atoms with van der Waals surface area (Å²) in [5.41, 5.74) is 5.91. The first kappa shape index (κ1) is 23.2. The fraction of sp³-hybridized carbons (Fsp3) is 0.214. The Labute approximate surface area is 219 Å². The molecule has 0 N–H and O–H groups in total. The van der Waals surface area contributed by atoms with E-state index in [4.69, 9.17) is 16.6 Å². The molecule has 1 fully saturated rings. The van der Waals surface area contributed by atoms with Gasteiger partial charge >= 0.3 is 0 Å². The van der Waals surface area contributed by atoms with Crippen LogP contribution in [0.2, 0.25) is 5.02 Å². The van der Waals surface area contributed by atoms with Crippen LogP contribution in [0.5, 0.6) is 0 Å². The van der Waals surface area contributed by atoms with Crippen LogP contribution in [-0.4, -0.2) is 63.6 Å². The average Bonchev–Trinajstić information content (AvgIpc) is 3.41. The lowest BCUT2D eigenvalue weighted by Gasteiger charge is -2.34. The van der Waals surface area contributed by atoms with E-state index in [1.165, 1.54) is 0 Å². The topological polar surface area (TPSA) is 69.9 Å². The molecule has 2 aromatic carbocycles. The predicted octanol–water partition coefficient (Wildman–Crippen LogP) is 5.03. The zero-order valence-corrected chi connectivity index (χ0v) is 21.4. The average molecular weight is 512 g/mol. The van der Waals surface area contributed by atoms with E-state index in [0.29, 0.717) is 5.02 Å². The van der Waals surface area contributed by atoms with E-state index in [2.05, 4.69) is 63.4 Å². The molecular weight excluding hydrogens is 486 g/mol. The Hall–Kier alpha value is -4.17. The van der Waals surface area contributed by atoms with Crippen molar-refractivity contribution in [3.8, 4) is 11.1 Å². The number of amides is 1. The monoisotopic (exact) mass is 511 g/mol. The number of carbonyl (C=O) groups excluding carboxylic acids is 1. The zero-order chi connectivity index (χ0) is 25.5. The zero-order valence-electron chi connectivity index (χ0n) is 20.7. The van der Waals surface area contributed by atoms with Crippen molar-refractivity contribution >= 4 is 51.3 Å². The van der Waals surface area contributed by atoms with Crippen LogP contribution in [0.1, 0.15) is 6.92 Å². The van der Waals surface area contributed by atoms with Gasteiger partial charge in [-0.2, -0.15) is 0 Å². The lowest BCUT2D eigenvalue weighted by molar-refractivity contribution is -0.129. The maximum atomic E-state index is 11.6. The molecule has 37 heavy (non-hydrogen) atoms. The first-order valence-electron chi connectivity index (χ1n) is 12.2. The number of aromatic nitrogens is 4. The van der Waals surface area contributed by atoms with Crippen molar-refractivity contribution < 1.29 is 4.79 Å². The Morgan fingerprint density at radius 1 is 0.973 bits per heavy atom. The molecule has 0 aliphatic carbocycles. The van der Waals surface area contributed by atoms with Gasteiger partial charge in [0.1, 0.15) is 12.1 Å². The quantitative estimate of drug-likeness (QED) is 0.337. The molecule has 1 saturated heterocycles. The fourth-order valence-corrected chi connectivity index (χ4v) is 5.12. The number of piperazine rings is 1.